The van der Waals surface area contributed by atoms with Gasteiger partial charge in [-0.1, -0.05) is 6.92 Å². The van der Waals surface area contributed by atoms with Gasteiger partial charge in [0, 0.05) is 37.5 Å². The molecule has 0 N–H and O–H groups in total. The average Bonchev–Trinajstić information content (AvgIpc) is 3.29. The van der Waals surface area contributed by atoms with Crippen molar-refractivity contribution >= 4 is 5.91 Å². The Balaban J connectivity index is 1.52. The van der Waals surface area contributed by atoms with E-state index in [1.807, 2.05) is 29.4 Å². The molecule has 6 nitrogen and oxygen atoms in total. The number of carbonyl (C=O) groups excluding carboxylic acids is 1. The predicted octanol–water partition coefficient (Wildman–Crippen LogP) is 2.65. The minimum absolute atomic E-state index is 0.0520. The maximum absolute atomic E-state index is 12.9. The molecule has 6 heteroatoms. The summed E-state index contributed by atoms with van der Waals surface area (Å²) >= 11 is 0. The quantitative estimate of drug-likeness (QED) is 0.870. The van der Waals surface area contributed by atoms with E-state index in [9.17, 15) is 4.79 Å². The van der Waals surface area contributed by atoms with Gasteiger partial charge in [0.25, 0.3) is 5.91 Å². The molecule has 2 aliphatic rings. The van der Waals surface area contributed by atoms with Gasteiger partial charge in [-0.25, -0.2) is 4.98 Å². The number of hydrogen-bond donors (Lipinski definition) is 0. The molecule has 0 radical (unpaired) electrons. The monoisotopic (exact) mass is 327 g/mol. The van der Waals surface area contributed by atoms with Gasteiger partial charge < -0.3 is 18.9 Å². The molecule has 0 aliphatic carbocycles. The number of piperidine rings is 1. The molecule has 1 amide bonds. The van der Waals surface area contributed by atoms with Crippen LogP contribution in [0, 0.1) is 0 Å². The van der Waals surface area contributed by atoms with E-state index in [-0.39, 0.29) is 12.7 Å². The van der Waals surface area contributed by atoms with Gasteiger partial charge in [0.05, 0.1) is 6.04 Å². The van der Waals surface area contributed by atoms with Crippen LogP contribution in [0.4, 0.5) is 0 Å². The van der Waals surface area contributed by atoms with Gasteiger partial charge >= 0.3 is 0 Å². The first-order valence-electron chi connectivity index (χ1n) is 8.47. The summed E-state index contributed by atoms with van der Waals surface area (Å²) in [6.07, 6.45) is 6.85. The molecule has 1 fully saturated rings. The Hall–Kier alpha value is -2.50. The number of likely N-dealkylation sites (tertiary alicyclic amines) is 1. The topological polar surface area (TPSA) is 56.6 Å². The smallest absolute Gasteiger partial charge is 0.254 e. The third-order valence-corrected chi connectivity index (χ3v) is 4.76. The number of fused-ring (bicyclic) bond motifs is 1. The van der Waals surface area contributed by atoms with Crippen molar-refractivity contribution in [3.05, 3.63) is 42.0 Å². The fraction of sp³-hybridized carbons (Fsp3) is 0.444. The van der Waals surface area contributed by atoms with E-state index in [4.69, 9.17) is 9.47 Å². The summed E-state index contributed by atoms with van der Waals surface area (Å²) in [6, 6.07) is 5.70. The van der Waals surface area contributed by atoms with Crippen LogP contribution in [0.25, 0.3) is 0 Å². The second kappa shape index (κ2) is 6.19. The predicted molar refractivity (Wildman–Crippen MR) is 88.3 cm³/mol. The normalized spacial score (nSPS) is 19.5. The number of imidazole rings is 1. The van der Waals surface area contributed by atoms with Crippen LogP contribution in [0.5, 0.6) is 11.5 Å². The fourth-order valence-corrected chi connectivity index (χ4v) is 3.53. The van der Waals surface area contributed by atoms with Crippen LogP contribution < -0.4 is 9.47 Å². The number of amides is 1. The van der Waals surface area contributed by atoms with E-state index in [1.54, 1.807) is 6.07 Å². The SMILES string of the molecule is CCc1nccn1[C@H]1CCCN(C(=O)c2ccc3c(c2)OCO3)C1. The molecule has 0 spiro atoms. The Morgan fingerprint density at radius 1 is 1.33 bits per heavy atom. The second-order valence-corrected chi connectivity index (χ2v) is 6.22. The molecule has 3 heterocycles. The molecule has 0 saturated carbocycles. The Morgan fingerprint density at radius 3 is 3.08 bits per heavy atom. The first kappa shape index (κ1) is 15.1. The number of rotatable bonds is 3. The van der Waals surface area contributed by atoms with Crippen molar-refractivity contribution in [1.82, 2.24) is 14.5 Å². The maximum atomic E-state index is 12.9. The summed E-state index contributed by atoms with van der Waals surface area (Å²) in [5.74, 6) is 2.49. The Labute approximate surface area is 141 Å². The summed E-state index contributed by atoms with van der Waals surface area (Å²) < 4.78 is 12.9. The van der Waals surface area contributed by atoms with Crippen molar-refractivity contribution in [1.29, 1.82) is 0 Å². The molecule has 126 valence electrons. The zero-order valence-corrected chi connectivity index (χ0v) is 13.8. The lowest BCUT2D eigenvalue weighted by Crippen LogP contribution is -2.40. The molecule has 0 bridgehead atoms. The summed E-state index contributed by atoms with van der Waals surface area (Å²) in [5, 5.41) is 0. The Bertz CT molecular complexity index is 756. The van der Waals surface area contributed by atoms with Crippen molar-refractivity contribution < 1.29 is 14.3 Å². The molecule has 2 aromatic rings. The van der Waals surface area contributed by atoms with Gasteiger partial charge in [-0.05, 0) is 31.0 Å². The van der Waals surface area contributed by atoms with Gasteiger partial charge in [0.1, 0.15) is 5.82 Å². The highest BCUT2D eigenvalue weighted by molar-refractivity contribution is 5.95. The summed E-state index contributed by atoms with van der Waals surface area (Å²) in [4.78, 5) is 19.2. The second-order valence-electron chi connectivity index (χ2n) is 6.22. The average molecular weight is 327 g/mol. The minimum atomic E-state index is 0.0520. The highest BCUT2D eigenvalue weighted by atomic mass is 16.7. The number of ether oxygens (including phenoxy) is 2. The van der Waals surface area contributed by atoms with E-state index in [1.165, 1.54) is 0 Å². The number of aryl methyl sites for hydroxylation is 1. The van der Waals surface area contributed by atoms with Crippen LogP contribution in [-0.2, 0) is 6.42 Å². The molecule has 4 rings (SSSR count). The molecule has 1 saturated heterocycles. The lowest BCUT2D eigenvalue weighted by Gasteiger charge is -2.34. The standard InChI is InChI=1S/C18H21N3O3/c1-2-17-19-7-9-21(17)14-4-3-8-20(11-14)18(22)13-5-6-15-16(10-13)24-12-23-15/h5-7,9-10,14H,2-4,8,11-12H2,1H3/t14-/m0/s1. The molecule has 0 unspecified atom stereocenters. The summed E-state index contributed by atoms with van der Waals surface area (Å²) in [5.41, 5.74) is 0.654. The van der Waals surface area contributed by atoms with Crippen LogP contribution in [0.1, 0.15) is 42.0 Å². The van der Waals surface area contributed by atoms with E-state index >= 15 is 0 Å². The lowest BCUT2D eigenvalue weighted by atomic mass is 10.0. The van der Waals surface area contributed by atoms with Crippen LogP contribution in [0.3, 0.4) is 0 Å². The maximum Gasteiger partial charge on any atom is 0.254 e. The first-order valence-corrected chi connectivity index (χ1v) is 8.47. The highest BCUT2D eigenvalue weighted by Crippen LogP contribution is 2.33. The van der Waals surface area contributed by atoms with Gasteiger partial charge in [-0.2, -0.15) is 0 Å². The fourth-order valence-electron chi connectivity index (χ4n) is 3.53. The minimum Gasteiger partial charge on any atom is -0.454 e. The van der Waals surface area contributed by atoms with Crippen LogP contribution in [-0.4, -0.2) is 40.2 Å². The van der Waals surface area contributed by atoms with Crippen molar-refractivity contribution in [2.45, 2.75) is 32.2 Å². The van der Waals surface area contributed by atoms with Crippen molar-refractivity contribution in [3.63, 3.8) is 0 Å². The van der Waals surface area contributed by atoms with Gasteiger partial charge in [0.15, 0.2) is 11.5 Å². The van der Waals surface area contributed by atoms with Gasteiger partial charge in [-0.3, -0.25) is 4.79 Å². The largest absolute Gasteiger partial charge is 0.454 e. The molecule has 24 heavy (non-hydrogen) atoms. The number of aromatic nitrogens is 2. The molecule has 1 aromatic heterocycles. The van der Waals surface area contributed by atoms with E-state index in [0.717, 1.165) is 38.2 Å². The van der Waals surface area contributed by atoms with Crippen LogP contribution >= 0.6 is 0 Å². The lowest BCUT2D eigenvalue weighted by molar-refractivity contribution is 0.0677. The molecule has 2 aliphatic heterocycles. The van der Waals surface area contributed by atoms with E-state index in [2.05, 4.69) is 16.5 Å². The Morgan fingerprint density at radius 2 is 2.21 bits per heavy atom. The summed E-state index contributed by atoms with van der Waals surface area (Å²) in [7, 11) is 0. The molecular weight excluding hydrogens is 306 g/mol. The van der Waals surface area contributed by atoms with Crippen molar-refractivity contribution in [2.75, 3.05) is 19.9 Å². The van der Waals surface area contributed by atoms with Gasteiger partial charge in [-0.15, -0.1) is 0 Å². The summed E-state index contributed by atoms with van der Waals surface area (Å²) in [6.45, 7) is 3.84. The Kier molecular flexibility index (Phi) is 3.88. The van der Waals surface area contributed by atoms with E-state index in [0.29, 0.717) is 23.1 Å². The zero-order valence-electron chi connectivity index (χ0n) is 13.8. The zero-order chi connectivity index (χ0) is 16.5. The third kappa shape index (κ3) is 2.62. The number of nitrogens with zero attached hydrogens (tertiary/aromatic N) is 3. The highest BCUT2D eigenvalue weighted by Gasteiger charge is 2.27. The number of benzene rings is 1. The van der Waals surface area contributed by atoms with Crippen LogP contribution in [0.2, 0.25) is 0 Å². The van der Waals surface area contributed by atoms with E-state index < -0.39 is 0 Å². The van der Waals surface area contributed by atoms with Gasteiger partial charge in [0.2, 0.25) is 6.79 Å². The number of hydrogen-bond acceptors (Lipinski definition) is 4. The van der Waals surface area contributed by atoms with Crippen molar-refractivity contribution in [2.24, 2.45) is 0 Å². The number of carbonyl (C=O) groups is 1. The first-order chi connectivity index (χ1) is 11.8. The third-order valence-electron chi connectivity index (χ3n) is 4.76. The van der Waals surface area contributed by atoms with Crippen LogP contribution in [0.15, 0.2) is 30.6 Å². The molecule has 1 aromatic carbocycles. The van der Waals surface area contributed by atoms with Crippen molar-refractivity contribution in [3.8, 4) is 11.5 Å². The molecule has 1 atom stereocenters. The molecular formula is C18H21N3O3.